The molecule has 25 heavy (non-hydrogen) atoms. The Morgan fingerprint density at radius 1 is 1.28 bits per heavy atom. The molecule has 0 unspecified atom stereocenters. The smallest absolute Gasteiger partial charge is 0.240 e. The van der Waals surface area contributed by atoms with Crippen LogP contribution in [0, 0.1) is 5.92 Å². The van der Waals surface area contributed by atoms with E-state index in [1.165, 1.54) is 11.8 Å². The van der Waals surface area contributed by atoms with Gasteiger partial charge in [-0.25, -0.2) is 13.1 Å². The topological polar surface area (TPSA) is 78.5 Å². The summed E-state index contributed by atoms with van der Waals surface area (Å²) in [5, 5.41) is 2.82. The molecule has 1 aliphatic rings. The molecule has 0 saturated carbocycles. The molecule has 0 aromatic heterocycles. The molecule has 8 heteroatoms. The predicted molar refractivity (Wildman–Crippen MR) is 103 cm³/mol. The van der Waals surface area contributed by atoms with E-state index in [2.05, 4.69) is 14.9 Å². The minimum atomic E-state index is -3.61. The lowest BCUT2D eigenvalue weighted by molar-refractivity contribution is -0.118. The van der Waals surface area contributed by atoms with Gasteiger partial charge in [0, 0.05) is 16.9 Å². The number of hydrogen-bond acceptors (Lipinski definition) is 5. The van der Waals surface area contributed by atoms with Crippen molar-refractivity contribution < 1.29 is 13.2 Å². The average Bonchev–Trinajstić information content (AvgIpc) is 2.56. The molecule has 140 valence electrons. The van der Waals surface area contributed by atoms with Crippen molar-refractivity contribution in [2.75, 3.05) is 31.7 Å². The van der Waals surface area contributed by atoms with Crippen molar-refractivity contribution in [3.8, 4) is 0 Å². The number of carbonyl (C=O) groups is 1. The van der Waals surface area contributed by atoms with Crippen molar-refractivity contribution in [2.45, 2.75) is 42.5 Å². The normalized spacial score (nSPS) is 17.0. The minimum absolute atomic E-state index is 0.0462. The lowest BCUT2D eigenvalue weighted by Gasteiger charge is -2.29. The molecular weight excluding hydrogens is 358 g/mol. The van der Waals surface area contributed by atoms with Gasteiger partial charge >= 0.3 is 0 Å². The summed E-state index contributed by atoms with van der Waals surface area (Å²) in [4.78, 5) is 15.2. The Morgan fingerprint density at radius 3 is 2.48 bits per heavy atom. The fourth-order valence-corrected chi connectivity index (χ4v) is 4.51. The lowest BCUT2D eigenvalue weighted by atomic mass is 10.1. The number of anilines is 1. The monoisotopic (exact) mass is 385 g/mol. The van der Waals surface area contributed by atoms with E-state index in [9.17, 15) is 13.2 Å². The number of nitrogens with one attached hydrogen (secondary N) is 2. The molecule has 1 aromatic rings. The SMILES string of the molecule is CSc1ccc(S(=O)(=O)NC2CCN(C)CC2)cc1NC(=O)C(C)C. The Bertz CT molecular complexity index is 712. The van der Waals surface area contributed by atoms with Crippen molar-refractivity contribution in [3.05, 3.63) is 18.2 Å². The first-order valence-electron chi connectivity index (χ1n) is 8.42. The molecule has 0 radical (unpaired) electrons. The molecule has 1 aliphatic heterocycles. The maximum atomic E-state index is 12.7. The van der Waals surface area contributed by atoms with Crippen LogP contribution < -0.4 is 10.0 Å². The molecule has 0 spiro atoms. The molecule has 0 bridgehead atoms. The second-order valence-electron chi connectivity index (χ2n) is 6.70. The van der Waals surface area contributed by atoms with Gasteiger partial charge in [-0.1, -0.05) is 13.8 Å². The highest BCUT2D eigenvalue weighted by molar-refractivity contribution is 7.98. The van der Waals surface area contributed by atoms with Crippen LogP contribution in [0.4, 0.5) is 5.69 Å². The fourth-order valence-electron chi connectivity index (χ4n) is 2.64. The number of thioether (sulfide) groups is 1. The van der Waals surface area contributed by atoms with Gasteiger partial charge in [-0.2, -0.15) is 0 Å². The summed E-state index contributed by atoms with van der Waals surface area (Å²) in [6.07, 6.45) is 3.50. The quantitative estimate of drug-likeness (QED) is 0.735. The third kappa shape index (κ3) is 5.44. The van der Waals surface area contributed by atoms with E-state index >= 15 is 0 Å². The number of benzene rings is 1. The predicted octanol–water partition coefficient (Wildman–Crippen LogP) is 2.38. The van der Waals surface area contributed by atoms with Gasteiger partial charge in [-0.3, -0.25) is 4.79 Å². The summed E-state index contributed by atoms with van der Waals surface area (Å²) < 4.78 is 28.2. The maximum Gasteiger partial charge on any atom is 0.240 e. The highest BCUT2D eigenvalue weighted by atomic mass is 32.2. The van der Waals surface area contributed by atoms with Gasteiger partial charge in [-0.05, 0) is 57.4 Å². The van der Waals surface area contributed by atoms with Gasteiger partial charge in [0.25, 0.3) is 0 Å². The minimum Gasteiger partial charge on any atom is -0.325 e. The first-order chi connectivity index (χ1) is 11.7. The van der Waals surface area contributed by atoms with Crippen molar-refractivity contribution in [1.29, 1.82) is 0 Å². The van der Waals surface area contributed by atoms with Crippen LogP contribution in [0.15, 0.2) is 28.0 Å². The second kappa shape index (κ2) is 8.53. The number of piperidine rings is 1. The molecule has 1 saturated heterocycles. The molecular formula is C17H27N3O3S2. The summed E-state index contributed by atoms with van der Waals surface area (Å²) >= 11 is 1.47. The van der Waals surface area contributed by atoms with Crippen molar-refractivity contribution >= 4 is 33.4 Å². The fraction of sp³-hybridized carbons (Fsp3) is 0.588. The summed E-state index contributed by atoms with van der Waals surface area (Å²) in [7, 11) is -1.57. The zero-order valence-electron chi connectivity index (χ0n) is 15.2. The lowest BCUT2D eigenvalue weighted by Crippen LogP contribution is -2.43. The van der Waals surface area contributed by atoms with E-state index in [-0.39, 0.29) is 22.8 Å². The van der Waals surface area contributed by atoms with Crippen LogP contribution in [-0.2, 0) is 14.8 Å². The Labute approximate surface area is 154 Å². The van der Waals surface area contributed by atoms with Crippen LogP contribution in [0.1, 0.15) is 26.7 Å². The second-order valence-corrected chi connectivity index (χ2v) is 9.27. The Morgan fingerprint density at radius 2 is 1.92 bits per heavy atom. The van der Waals surface area contributed by atoms with Crippen LogP contribution in [0.3, 0.4) is 0 Å². The van der Waals surface area contributed by atoms with Crippen LogP contribution in [-0.4, -0.2) is 51.7 Å². The van der Waals surface area contributed by atoms with Gasteiger partial charge in [0.2, 0.25) is 15.9 Å². The highest BCUT2D eigenvalue weighted by Crippen LogP contribution is 2.29. The number of likely N-dealkylation sites (tertiary alicyclic amines) is 1. The average molecular weight is 386 g/mol. The van der Waals surface area contributed by atoms with Gasteiger partial charge in [0.05, 0.1) is 10.6 Å². The standard InChI is InChI=1S/C17H27N3O3S2/c1-12(2)17(21)18-15-11-14(5-6-16(15)24-4)25(22,23)19-13-7-9-20(3)10-8-13/h5-6,11-13,19H,7-10H2,1-4H3,(H,18,21). The van der Waals surface area contributed by atoms with Crippen molar-refractivity contribution in [3.63, 3.8) is 0 Å². The zero-order chi connectivity index (χ0) is 18.6. The zero-order valence-corrected chi connectivity index (χ0v) is 16.8. The number of rotatable bonds is 6. The Kier molecular flexibility index (Phi) is 6.90. The van der Waals surface area contributed by atoms with Crippen LogP contribution >= 0.6 is 11.8 Å². The molecule has 1 fully saturated rings. The third-order valence-electron chi connectivity index (χ3n) is 4.30. The first-order valence-corrected chi connectivity index (χ1v) is 11.1. The molecule has 6 nitrogen and oxygen atoms in total. The van der Waals surface area contributed by atoms with Crippen LogP contribution in [0.5, 0.6) is 0 Å². The van der Waals surface area contributed by atoms with Crippen molar-refractivity contribution in [1.82, 2.24) is 9.62 Å². The third-order valence-corrected chi connectivity index (χ3v) is 6.62. The molecule has 2 rings (SSSR count). The Hall–Kier alpha value is -1.09. The first kappa shape index (κ1) is 20.2. The van der Waals surface area contributed by atoms with Gasteiger partial charge < -0.3 is 10.2 Å². The van der Waals surface area contributed by atoms with Crippen LogP contribution in [0.25, 0.3) is 0 Å². The van der Waals surface area contributed by atoms with Crippen LogP contribution in [0.2, 0.25) is 0 Å². The van der Waals surface area contributed by atoms with E-state index in [4.69, 9.17) is 0 Å². The largest absolute Gasteiger partial charge is 0.325 e. The van der Waals surface area contributed by atoms with E-state index in [1.54, 1.807) is 32.0 Å². The van der Waals surface area contributed by atoms with E-state index in [0.717, 1.165) is 30.8 Å². The number of amides is 1. The number of hydrogen-bond donors (Lipinski definition) is 2. The van der Waals surface area contributed by atoms with Gasteiger partial charge in [0.15, 0.2) is 0 Å². The van der Waals surface area contributed by atoms with Crippen molar-refractivity contribution in [2.24, 2.45) is 5.92 Å². The van der Waals surface area contributed by atoms with E-state index < -0.39 is 10.0 Å². The summed E-state index contributed by atoms with van der Waals surface area (Å²) in [5.74, 6) is -0.305. The summed E-state index contributed by atoms with van der Waals surface area (Å²) in [6.45, 7) is 5.37. The number of sulfonamides is 1. The Balaban J connectivity index is 2.21. The molecule has 1 aromatic carbocycles. The van der Waals surface area contributed by atoms with Gasteiger partial charge in [0.1, 0.15) is 0 Å². The molecule has 0 atom stereocenters. The number of nitrogens with zero attached hydrogens (tertiary/aromatic N) is 1. The number of carbonyl (C=O) groups excluding carboxylic acids is 1. The summed E-state index contributed by atoms with van der Waals surface area (Å²) in [5.41, 5.74) is 0.539. The molecule has 0 aliphatic carbocycles. The molecule has 1 heterocycles. The molecule has 1 amide bonds. The summed E-state index contributed by atoms with van der Waals surface area (Å²) in [6, 6.07) is 4.83. The van der Waals surface area contributed by atoms with E-state index in [0.29, 0.717) is 5.69 Å². The maximum absolute atomic E-state index is 12.7. The van der Waals surface area contributed by atoms with Gasteiger partial charge in [-0.15, -0.1) is 11.8 Å². The van der Waals surface area contributed by atoms with E-state index in [1.807, 2.05) is 13.3 Å². The molecule has 2 N–H and O–H groups in total. The highest BCUT2D eigenvalue weighted by Gasteiger charge is 2.24.